The SMILES string of the molecule is O=c1c2cc(F)cc(Br)c2nc2n1CCc1nc(Cl)ccc1-2. The van der Waals surface area contributed by atoms with Gasteiger partial charge in [0.15, 0.2) is 0 Å². The Labute approximate surface area is 137 Å². The number of pyridine rings is 1. The van der Waals surface area contributed by atoms with Crippen LogP contribution in [0.2, 0.25) is 5.15 Å². The zero-order valence-electron chi connectivity index (χ0n) is 11.1. The number of rotatable bonds is 0. The number of hydrogen-bond donors (Lipinski definition) is 0. The van der Waals surface area contributed by atoms with Gasteiger partial charge in [-0.05, 0) is 40.2 Å². The van der Waals surface area contributed by atoms with Gasteiger partial charge in [-0.1, -0.05) is 11.6 Å². The van der Waals surface area contributed by atoms with Crippen LogP contribution in [0.25, 0.3) is 22.3 Å². The molecule has 4 rings (SSSR count). The molecule has 1 aliphatic heterocycles. The average molecular weight is 381 g/mol. The lowest BCUT2D eigenvalue weighted by Crippen LogP contribution is -2.28. The molecule has 0 saturated heterocycles. The first-order valence-corrected chi connectivity index (χ1v) is 7.77. The molecule has 7 heteroatoms. The third kappa shape index (κ3) is 1.98. The normalized spacial score (nSPS) is 13.0. The summed E-state index contributed by atoms with van der Waals surface area (Å²) in [6.45, 7) is 0.450. The van der Waals surface area contributed by atoms with Gasteiger partial charge < -0.3 is 0 Å². The third-order valence-electron chi connectivity index (χ3n) is 3.73. The first-order chi connectivity index (χ1) is 10.5. The van der Waals surface area contributed by atoms with Crippen molar-refractivity contribution in [3.8, 4) is 11.4 Å². The minimum Gasteiger partial charge on any atom is -0.292 e. The molecule has 2 aromatic heterocycles. The Kier molecular flexibility index (Phi) is 3.06. The van der Waals surface area contributed by atoms with Gasteiger partial charge in [-0.3, -0.25) is 9.36 Å². The topological polar surface area (TPSA) is 47.8 Å². The zero-order valence-corrected chi connectivity index (χ0v) is 13.4. The molecule has 3 aromatic rings. The molecule has 3 heterocycles. The van der Waals surface area contributed by atoms with E-state index in [2.05, 4.69) is 25.9 Å². The molecule has 0 fully saturated rings. The van der Waals surface area contributed by atoms with Crippen LogP contribution in [0.15, 0.2) is 33.5 Å². The summed E-state index contributed by atoms with van der Waals surface area (Å²) in [6, 6.07) is 6.01. The van der Waals surface area contributed by atoms with E-state index in [1.807, 2.05) is 6.07 Å². The van der Waals surface area contributed by atoms with Gasteiger partial charge in [0.2, 0.25) is 0 Å². The maximum atomic E-state index is 13.6. The van der Waals surface area contributed by atoms with Gasteiger partial charge in [0, 0.05) is 23.0 Å². The van der Waals surface area contributed by atoms with Gasteiger partial charge in [-0.25, -0.2) is 14.4 Å². The van der Waals surface area contributed by atoms with Crippen LogP contribution in [-0.4, -0.2) is 14.5 Å². The quantitative estimate of drug-likeness (QED) is 0.560. The Morgan fingerprint density at radius 2 is 2.09 bits per heavy atom. The minimum absolute atomic E-state index is 0.249. The molecule has 0 saturated carbocycles. The highest BCUT2D eigenvalue weighted by atomic mass is 79.9. The number of aryl methyl sites for hydroxylation is 1. The largest absolute Gasteiger partial charge is 0.292 e. The molecule has 0 aliphatic carbocycles. The third-order valence-corrected chi connectivity index (χ3v) is 4.55. The van der Waals surface area contributed by atoms with Crippen LogP contribution >= 0.6 is 27.5 Å². The van der Waals surface area contributed by atoms with Crippen molar-refractivity contribution in [2.75, 3.05) is 0 Å². The predicted molar refractivity (Wildman–Crippen MR) is 85.6 cm³/mol. The average Bonchev–Trinajstić information content (AvgIpc) is 2.48. The van der Waals surface area contributed by atoms with Crippen LogP contribution in [0.3, 0.4) is 0 Å². The summed E-state index contributed by atoms with van der Waals surface area (Å²) in [6.07, 6.45) is 0.590. The molecule has 0 spiro atoms. The van der Waals surface area contributed by atoms with Crippen molar-refractivity contribution in [1.82, 2.24) is 14.5 Å². The van der Waals surface area contributed by atoms with Crippen LogP contribution in [0, 0.1) is 5.82 Å². The number of fused-ring (bicyclic) bond motifs is 4. The maximum Gasteiger partial charge on any atom is 0.261 e. The van der Waals surface area contributed by atoms with Crippen LogP contribution < -0.4 is 5.56 Å². The van der Waals surface area contributed by atoms with Crippen LogP contribution in [0.4, 0.5) is 4.39 Å². The van der Waals surface area contributed by atoms with Gasteiger partial charge in [-0.2, -0.15) is 0 Å². The Morgan fingerprint density at radius 3 is 2.91 bits per heavy atom. The van der Waals surface area contributed by atoms with E-state index in [4.69, 9.17) is 11.6 Å². The van der Waals surface area contributed by atoms with Gasteiger partial charge in [0.05, 0.1) is 16.6 Å². The van der Waals surface area contributed by atoms with Gasteiger partial charge in [0.1, 0.15) is 16.8 Å². The molecular formula is C15H8BrClFN3O. The molecule has 22 heavy (non-hydrogen) atoms. The second-order valence-corrected chi connectivity index (χ2v) is 6.30. The molecule has 1 aliphatic rings. The lowest BCUT2D eigenvalue weighted by atomic mass is 10.1. The number of benzene rings is 1. The number of halogens is 3. The summed E-state index contributed by atoms with van der Waals surface area (Å²) in [4.78, 5) is 21.5. The Bertz CT molecular complexity index is 1000. The summed E-state index contributed by atoms with van der Waals surface area (Å²) in [5.41, 5.74) is 1.80. The molecule has 0 unspecified atom stereocenters. The number of hydrogen-bond acceptors (Lipinski definition) is 3. The Morgan fingerprint density at radius 1 is 1.27 bits per heavy atom. The molecule has 110 valence electrons. The van der Waals surface area contributed by atoms with Crippen molar-refractivity contribution in [1.29, 1.82) is 0 Å². The smallest absolute Gasteiger partial charge is 0.261 e. The fourth-order valence-corrected chi connectivity index (χ4v) is 3.44. The van der Waals surface area contributed by atoms with Gasteiger partial charge in [-0.15, -0.1) is 0 Å². The highest BCUT2D eigenvalue weighted by Gasteiger charge is 2.22. The molecule has 4 nitrogen and oxygen atoms in total. The van der Waals surface area contributed by atoms with E-state index in [1.54, 1.807) is 10.6 Å². The molecule has 0 bridgehead atoms. The highest BCUT2D eigenvalue weighted by molar-refractivity contribution is 9.10. The monoisotopic (exact) mass is 379 g/mol. The molecule has 0 N–H and O–H groups in total. The van der Waals surface area contributed by atoms with Crippen molar-refractivity contribution in [3.05, 3.63) is 55.8 Å². The van der Waals surface area contributed by atoms with E-state index >= 15 is 0 Å². The lowest BCUT2D eigenvalue weighted by Gasteiger charge is -2.20. The van der Waals surface area contributed by atoms with Crippen LogP contribution in [0.5, 0.6) is 0 Å². The van der Waals surface area contributed by atoms with Crippen molar-refractivity contribution in [2.45, 2.75) is 13.0 Å². The van der Waals surface area contributed by atoms with E-state index in [1.165, 1.54) is 12.1 Å². The molecule has 0 radical (unpaired) electrons. The highest BCUT2D eigenvalue weighted by Crippen LogP contribution is 2.30. The zero-order chi connectivity index (χ0) is 15.4. The van der Waals surface area contributed by atoms with E-state index in [9.17, 15) is 9.18 Å². The van der Waals surface area contributed by atoms with E-state index in [-0.39, 0.29) is 10.9 Å². The summed E-state index contributed by atoms with van der Waals surface area (Å²) in [7, 11) is 0. The molecule has 0 atom stereocenters. The summed E-state index contributed by atoms with van der Waals surface area (Å²) >= 11 is 9.20. The van der Waals surface area contributed by atoms with Crippen LogP contribution in [0.1, 0.15) is 5.69 Å². The molecule has 0 amide bonds. The lowest BCUT2D eigenvalue weighted by molar-refractivity contribution is 0.624. The van der Waals surface area contributed by atoms with Crippen LogP contribution in [-0.2, 0) is 13.0 Å². The molecular weight excluding hydrogens is 373 g/mol. The standard InChI is InChI=1S/C15H8BrClFN3O/c16-10-6-7(18)5-9-13(10)20-14-8-1-2-12(17)19-11(8)3-4-21(14)15(9)22/h1-2,5-6H,3-4H2. The fourth-order valence-electron chi connectivity index (χ4n) is 2.75. The first-order valence-electron chi connectivity index (χ1n) is 6.60. The number of aromatic nitrogens is 3. The minimum atomic E-state index is -0.469. The summed E-state index contributed by atoms with van der Waals surface area (Å²) in [5, 5.41) is 0.680. The fraction of sp³-hybridized carbons (Fsp3) is 0.133. The van der Waals surface area contributed by atoms with E-state index in [0.29, 0.717) is 33.9 Å². The second-order valence-electron chi connectivity index (χ2n) is 5.05. The predicted octanol–water partition coefficient (Wildman–Crippen LogP) is 3.57. The van der Waals surface area contributed by atoms with E-state index in [0.717, 1.165) is 11.3 Å². The first kappa shape index (κ1) is 13.8. The van der Waals surface area contributed by atoms with Crippen molar-refractivity contribution in [2.24, 2.45) is 0 Å². The van der Waals surface area contributed by atoms with Gasteiger partial charge in [0.25, 0.3) is 5.56 Å². The Hall–Kier alpha value is -1.79. The molecule has 1 aromatic carbocycles. The van der Waals surface area contributed by atoms with E-state index < -0.39 is 5.82 Å². The summed E-state index contributed by atoms with van der Waals surface area (Å²) in [5.74, 6) is 0.0682. The van der Waals surface area contributed by atoms with Crippen molar-refractivity contribution >= 4 is 38.4 Å². The number of nitrogens with zero attached hydrogens (tertiary/aromatic N) is 3. The van der Waals surface area contributed by atoms with Crippen molar-refractivity contribution in [3.63, 3.8) is 0 Å². The maximum absolute atomic E-state index is 13.6. The Balaban J connectivity index is 2.12. The second kappa shape index (κ2) is 4.86. The van der Waals surface area contributed by atoms with Crippen molar-refractivity contribution < 1.29 is 4.39 Å². The van der Waals surface area contributed by atoms with Gasteiger partial charge >= 0.3 is 0 Å². The summed E-state index contributed by atoms with van der Waals surface area (Å²) < 4.78 is 15.6.